The van der Waals surface area contributed by atoms with Crippen LogP contribution in [0.25, 0.3) is 0 Å². The van der Waals surface area contributed by atoms with Gasteiger partial charge in [-0.3, -0.25) is 4.90 Å². The molecule has 1 fully saturated rings. The van der Waals surface area contributed by atoms with E-state index in [2.05, 4.69) is 51.0 Å². The third-order valence-corrected chi connectivity index (χ3v) is 4.91. The van der Waals surface area contributed by atoms with Crippen LogP contribution in [-0.4, -0.2) is 54.2 Å². The van der Waals surface area contributed by atoms with Crippen LogP contribution in [0.2, 0.25) is 5.15 Å². The first kappa shape index (κ1) is 19.7. The van der Waals surface area contributed by atoms with Gasteiger partial charge >= 0.3 is 0 Å². The minimum Gasteiger partial charge on any atom is -0.494 e. The third-order valence-electron chi connectivity index (χ3n) is 4.72. The molecule has 2 N–H and O–H groups in total. The first-order valence-electron chi connectivity index (χ1n) is 9.63. The summed E-state index contributed by atoms with van der Waals surface area (Å²) in [5, 5.41) is 0.414. The molecule has 1 aromatic heterocycles. The second-order valence-corrected chi connectivity index (χ2v) is 7.20. The largest absolute Gasteiger partial charge is 0.494 e. The SMILES string of the molecule is CCCOc1ccc(N2CCN(CCCc3cc(Cl)nc(N)n3)CC2)cc1. The molecule has 1 aliphatic heterocycles. The lowest BCUT2D eigenvalue weighted by atomic mass is 10.2. The van der Waals surface area contributed by atoms with Crippen molar-refractivity contribution in [1.29, 1.82) is 0 Å². The normalized spacial score (nSPS) is 15.1. The van der Waals surface area contributed by atoms with Gasteiger partial charge in [-0.1, -0.05) is 18.5 Å². The smallest absolute Gasteiger partial charge is 0.221 e. The van der Waals surface area contributed by atoms with Crippen LogP contribution < -0.4 is 15.4 Å². The van der Waals surface area contributed by atoms with E-state index in [0.29, 0.717) is 5.15 Å². The summed E-state index contributed by atoms with van der Waals surface area (Å²) in [5.74, 6) is 1.20. The quantitative estimate of drug-likeness (QED) is 0.699. The van der Waals surface area contributed by atoms with Crippen molar-refractivity contribution in [3.8, 4) is 5.75 Å². The van der Waals surface area contributed by atoms with Gasteiger partial charge in [0.05, 0.1) is 6.61 Å². The number of halogens is 1. The molecule has 2 heterocycles. The Morgan fingerprint density at radius 2 is 1.85 bits per heavy atom. The van der Waals surface area contributed by atoms with Crippen LogP contribution in [0.4, 0.5) is 11.6 Å². The van der Waals surface area contributed by atoms with Crippen LogP contribution >= 0.6 is 11.6 Å². The van der Waals surface area contributed by atoms with Gasteiger partial charge in [0.25, 0.3) is 0 Å². The Balaban J connectivity index is 1.41. The van der Waals surface area contributed by atoms with Gasteiger partial charge in [-0.15, -0.1) is 0 Å². The van der Waals surface area contributed by atoms with Crippen molar-refractivity contribution in [2.24, 2.45) is 0 Å². The molecule has 0 bridgehead atoms. The van der Waals surface area contributed by atoms with Gasteiger partial charge < -0.3 is 15.4 Å². The fraction of sp³-hybridized carbons (Fsp3) is 0.500. The van der Waals surface area contributed by atoms with Gasteiger partial charge in [0.15, 0.2) is 0 Å². The Kier molecular flexibility index (Phi) is 7.12. The molecular formula is C20H28ClN5O. The number of benzene rings is 1. The monoisotopic (exact) mass is 389 g/mol. The molecule has 2 aromatic rings. The minimum absolute atomic E-state index is 0.247. The summed E-state index contributed by atoms with van der Waals surface area (Å²) < 4.78 is 5.66. The number of piperazine rings is 1. The molecule has 0 amide bonds. The zero-order valence-electron chi connectivity index (χ0n) is 15.9. The topological polar surface area (TPSA) is 67.5 Å². The van der Waals surface area contributed by atoms with Crippen molar-refractivity contribution < 1.29 is 4.74 Å². The molecule has 1 aromatic carbocycles. The van der Waals surface area contributed by atoms with E-state index >= 15 is 0 Å². The maximum Gasteiger partial charge on any atom is 0.221 e. The highest BCUT2D eigenvalue weighted by molar-refractivity contribution is 6.29. The zero-order valence-corrected chi connectivity index (χ0v) is 16.7. The number of ether oxygens (including phenoxy) is 1. The Hall–Kier alpha value is -2.05. The second kappa shape index (κ2) is 9.76. The van der Waals surface area contributed by atoms with Crippen molar-refractivity contribution in [3.63, 3.8) is 0 Å². The van der Waals surface area contributed by atoms with Crippen LogP contribution in [0.15, 0.2) is 30.3 Å². The number of anilines is 2. The summed E-state index contributed by atoms with van der Waals surface area (Å²) in [7, 11) is 0. The number of hydrogen-bond acceptors (Lipinski definition) is 6. The first-order chi connectivity index (χ1) is 13.1. The summed E-state index contributed by atoms with van der Waals surface area (Å²) in [5.41, 5.74) is 7.83. The van der Waals surface area contributed by atoms with Crippen LogP contribution in [-0.2, 0) is 6.42 Å². The molecule has 0 aliphatic carbocycles. The van der Waals surface area contributed by atoms with Gasteiger partial charge in [0, 0.05) is 37.6 Å². The summed E-state index contributed by atoms with van der Waals surface area (Å²) in [6.45, 7) is 8.17. The van der Waals surface area contributed by atoms with Crippen molar-refractivity contribution in [3.05, 3.63) is 41.2 Å². The van der Waals surface area contributed by atoms with E-state index in [-0.39, 0.29) is 5.95 Å². The van der Waals surface area contributed by atoms with Crippen molar-refractivity contribution in [1.82, 2.24) is 14.9 Å². The molecule has 1 aliphatic rings. The highest BCUT2D eigenvalue weighted by atomic mass is 35.5. The van der Waals surface area contributed by atoms with E-state index in [0.717, 1.165) is 70.0 Å². The molecular weight excluding hydrogens is 362 g/mol. The van der Waals surface area contributed by atoms with Gasteiger partial charge in [-0.25, -0.2) is 9.97 Å². The van der Waals surface area contributed by atoms with E-state index in [4.69, 9.17) is 22.1 Å². The molecule has 0 radical (unpaired) electrons. The highest BCUT2D eigenvalue weighted by Crippen LogP contribution is 2.21. The van der Waals surface area contributed by atoms with E-state index in [9.17, 15) is 0 Å². The number of aryl methyl sites for hydroxylation is 1. The minimum atomic E-state index is 0.247. The molecule has 6 nitrogen and oxygen atoms in total. The zero-order chi connectivity index (χ0) is 19.1. The maximum absolute atomic E-state index is 5.93. The highest BCUT2D eigenvalue weighted by Gasteiger charge is 2.17. The molecule has 0 unspecified atom stereocenters. The molecule has 146 valence electrons. The molecule has 0 spiro atoms. The number of nitrogens with zero attached hydrogens (tertiary/aromatic N) is 4. The number of rotatable bonds is 8. The van der Waals surface area contributed by atoms with Crippen LogP contribution in [0, 0.1) is 0 Å². The van der Waals surface area contributed by atoms with Crippen LogP contribution in [0.3, 0.4) is 0 Å². The van der Waals surface area contributed by atoms with Gasteiger partial charge in [-0.05, 0) is 56.1 Å². The molecule has 1 saturated heterocycles. The number of nitrogens with two attached hydrogens (primary N) is 1. The number of aromatic nitrogens is 2. The number of nitrogen functional groups attached to an aromatic ring is 1. The predicted molar refractivity (Wildman–Crippen MR) is 111 cm³/mol. The summed E-state index contributed by atoms with van der Waals surface area (Å²) in [4.78, 5) is 13.1. The summed E-state index contributed by atoms with van der Waals surface area (Å²) >= 11 is 5.93. The van der Waals surface area contributed by atoms with Crippen LogP contribution in [0.5, 0.6) is 5.75 Å². The lowest BCUT2D eigenvalue weighted by molar-refractivity contribution is 0.255. The van der Waals surface area contributed by atoms with E-state index in [1.807, 2.05) is 0 Å². The number of hydrogen-bond donors (Lipinski definition) is 1. The van der Waals surface area contributed by atoms with Crippen molar-refractivity contribution in [2.75, 3.05) is 50.0 Å². The molecule has 27 heavy (non-hydrogen) atoms. The first-order valence-corrected chi connectivity index (χ1v) is 10.0. The van der Waals surface area contributed by atoms with Gasteiger partial charge in [0.1, 0.15) is 10.9 Å². The van der Waals surface area contributed by atoms with Gasteiger partial charge in [0.2, 0.25) is 5.95 Å². The summed E-state index contributed by atoms with van der Waals surface area (Å²) in [6.07, 6.45) is 2.93. The van der Waals surface area contributed by atoms with E-state index < -0.39 is 0 Å². The van der Waals surface area contributed by atoms with Gasteiger partial charge in [-0.2, -0.15) is 0 Å². The summed E-state index contributed by atoms with van der Waals surface area (Å²) in [6, 6.07) is 10.2. The third kappa shape index (κ3) is 5.97. The Morgan fingerprint density at radius 1 is 1.11 bits per heavy atom. The molecule has 3 rings (SSSR count). The maximum atomic E-state index is 5.93. The Bertz CT molecular complexity index is 697. The average Bonchev–Trinajstić information content (AvgIpc) is 2.67. The lowest BCUT2D eigenvalue weighted by Gasteiger charge is -2.36. The fourth-order valence-corrected chi connectivity index (χ4v) is 3.51. The lowest BCUT2D eigenvalue weighted by Crippen LogP contribution is -2.46. The van der Waals surface area contributed by atoms with E-state index in [1.54, 1.807) is 6.07 Å². The molecule has 0 saturated carbocycles. The Labute approximate surface area is 166 Å². The molecule has 0 atom stereocenters. The second-order valence-electron chi connectivity index (χ2n) is 6.81. The average molecular weight is 390 g/mol. The van der Waals surface area contributed by atoms with E-state index in [1.165, 1.54) is 5.69 Å². The fourth-order valence-electron chi connectivity index (χ4n) is 3.30. The predicted octanol–water partition coefficient (Wildman–Crippen LogP) is 3.26. The molecule has 7 heteroatoms. The van der Waals surface area contributed by atoms with Crippen LogP contribution in [0.1, 0.15) is 25.5 Å². The Morgan fingerprint density at radius 3 is 2.52 bits per heavy atom. The standard InChI is InChI=1S/C20H28ClN5O/c1-2-14-27-18-7-5-17(6-8-18)26-12-10-25(11-13-26)9-3-4-16-15-19(21)24-20(22)23-16/h5-8,15H,2-4,9-14H2,1H3,(H2,22,23,24). The van der Waals surface area contributed by atoms with Crippen molar-refractivity contribution >= 4 is 23.2 Å². The van der Waals surface area contributed by atoms with Crippen molar-refractivity contribution in [2.45, 2.75) is 26.2 Å².